The lowest BCUT2D eigenvalue weighted by atomic mass is 10.1. The molecule has 0 atom stereocenters. The zero-order chi connectivity index (χ0) is 59.5. The van der Waals surface area contributed by atoms with E-state index in [2.05, 4.69) is 275 Å². The predicted octanol–water partition coefficient (Wildman–Crippen LogP) is 27.7. The second-order valence-corrected chi connectivity index (χ2v) is 34.7. The van der Waals surface area contributed by atoms with Crippen molar-refractivity contribution in [2.75, 3.05) is 34.8 Å². The first-order chi connectivity index (χ1) is 43.4. The van der Waals surface area contributed by atoms with E-state index >= 15 is 0 Å². The zero-order valence-electron chi connectivity index (χ0n) is 47.7. The van der Waals surface area contributed by atoms with Crippen LogP contribution in [0.4, 0.5) is 34.1 Å². The molecule has 16 heteroatoms. The summed E-state index contributed by atoms with van der Waals surface area (Å²) in [5.74, 6) is 0. The van der Waals surface area contributed by atoms with E-state index in [1.165, 1.54) is 109 Å². The van der Waals surface area contributed by atoms with E-state index in [9.17, 15) is 0 Å². The summed E-state index contributed by atoms with van der Waals surface area (Å²) >= 11 is 26.1. The van der Waals surface area contributed by atoms with Gasteiger partial charge in [0.25, 0.3) is 0 Å². The van der Waals surface area contributed by atoms with Gasteiger partial charge >= 0.3 is 0 Å². The number of thioether (sulfide) groups is 8. The molecule has 0 saturated carbocycles. The molecule has 0 bridgehead atoms. The van der Waals surface area contributed by atoms with E-state index in [1.54, 1.807) is 45.3 Å². The van der Waals surface area contributed by atoms with Crippen LogP contribution in [-0.2, 0) is 0 Å². The van der Waals surface area contributed by atoms with Gasteiger partial charge in [-0.1, -0.05) is 144 Å². The molecular formula is C72H52N2S14. The van der Waals surface area contributed by atoms with Crippen molar-refractivity contribution in [3.8, 4) is 62.6 Å². The maximum atomic E-state index is 2.39. The van der Waals surface area contributed by atoms with E-state index in [0.29, 0.717) is 0 Å². The lowest BCUT2D eigenvalue weighted by molar-refractivity contribution is 1.28. The Hall–Kier alpha value is -5.12. The lowest BCUT2D eigenvalue weighted by Crippen LogP contribution is -2.09. The Morgan fingerprint density at radius 2 is 0.489 bits per heavy atom. The van der Waals surface area contributed by atoms with E-state index in [4.69, 9.17) is 0 Å². The summed E-state index contributed by atoms with van der Waals surface area (Å²) in [5, 5.41) is 8.58. The average Bonchev–Trinajstić information content (AvgIpc) is 2.68. The van der Waals surface area contributed by atoms with Gasteiger partial charge in [0.2, 0.25) is 0 Å². The van der Waals surface area contributed by atoms with Crippen molar-refractivity contribution in [2.45, 2.75) is 0 Å². The average molecular weight is 1390 g/mol. The molecule has 0 fully saturated rings. The highest BCUT2D eigenvalue weighted by Gasteiger charge is 2.33. The third-order valence-electron chi connectivity index (χ3n) is 14.7. The number of benzene rings is 6. The SMILES string of the molecule is CSC1=C(SC)SC(=C(C(=C2SC(SC)=C(SC)S2)c2ccc(-c3ccc(N(c4ccc(-c5cccs5)cc4)c4ccc(-c5cccs5)cc4)cc3)s2)c2ccc(-c3ccc(N(c4ccc(-c5cccs5)cc4)c4ccc(-c5cccs5)cc4)cc3)s2)S1. The molecule has 2 nitrogen and oxygen atoms in total. The Morgan fingerprint density at radius 1 is 0.261 bits per heavy atom. The summed E-state index contributed by atoms with van der Waals surface area (Å²) in [7, 11) is 0. The molecule has 12 aromatic rings. The molecule has 8 heterocycles. The van der Waals surface area contributed by atoms with Crippen LogP contribution in [0.15, 0.2) is 265 Å². The molecule has 0 unspecified atom stereocenters. The van der Waals surface area contributed by atoms with Crippen molar-refractivity contribution in [3.63, 3.8) is 0 Å². The highest BCUT2D eigenvalue weighted by atomic mass is 32.3. The highest BCUT2D eigenvalue weighted by molar-refractivity contribution is 8.41. The third kappa shape index (κ3) is 12.8. The van der Waals surface area contributed by atoms with E-state index in [-0.39, 0.29) is 0 Å². The minimum atomic E-state index is 1.11. The van der Waals surface area contributed by atoms with Crippen molar-refractivity contribution in [1.82, 2.24) is 0 Å². The quantitative estimate of drug-likeness (QED) is 0.0769. The summed E-state index contributed by atoms with van der Waals surface area (Å²) in [5.41, 5.74) is 16.6. The largest absolute Gasteiger partial charge is 0.311 e. The summed E-state index contributed by atoms with van der Waals surface area (Å²) in [4.78, 5) is 14.9. The minimum absolute atomic E-state index is 1.11. The van der Waals surface area contributed by atoms with E-state index < -0.39 is 0 Å². The summed E-state index contributed by atoms with van der Waals surface area (Å²) < 4.78 is 8.14. The maximum absolute atomic E-state index is 2.39. The second kappa shape index (κ2) is 27.8. The van der Waals surface area contributed by atoms with E-state index in [1.807, 2.05) is 117 Å². The smallest absolute Gasteiger partial charge is 0.0657 e. The van der Waals surface area contributed by atoms with Crippen LogP contribution in [0.1, 0.15) is 9.75 Å². The number of thiophene rings is 6. The summed E-state index contributed by atoms with van der Waals surface area (Å²) in [6.07, 6.45) is 8.88. The topological polar surface area (TPSA) is 6.48 Å². The van der Waals surface area contributed by atoms with Gasteiger partial charge in [-0.15, -0.1) is 115 Å². The van der Waals surface area contributed by atoms with Gasteiger partial charge in [0.1, 0.15) is 0 Å². The van der Waals surface area contributed by atoms with Crippen molar-refractivity contribution >= 4 is 207 Å². The van der Waals surface area contributed by atoms with Gasteiger partial charge in [-0.05, 0) is 201 Å². The molecule has 0 aliphatic carbocycles. The Bertz CT molecular complexity index is 3990. The molecule has 2 aliphatic heterocycles. The fourth-order valence-electron chi connectivity index (χ4n) is 10.5. The van der Waals surface area contributed by atoms with Gasteiger partial charge in [-0.3, -0.25) is 0 Å². The molecule has 0 N–H and O–H groups in total. The molecule has 0 spiro atoms. The highest BCUT2D eigenvalue weighted by Crippen LogP contribution is 2.65. The first-order valence-electron chi connectivity index (χ1n) is 27.8. The van der Waals surface area contributed by atoms with Crippen LogP contribution in [0.5, 0.6) is 0 Å². The van der Waals surface area contributed by atoms with Crippen LogP contribution in [0, 0.1) is 0 Å². The number of nitrogens with zero attached hydrogens (tertiary/aromatic N) is 2. The molecule has 2 aliphatic rings. The van der Waals surface area contributed by atoms with Gasteiger partial charge in [0.15, 0.2) is 0 Å². The van der Waals surface area contributed by atoms with Crippen LogP contribution in [0.2, 0.25) is 0 Å². The monoisotopic (exact) mass is 1390 g/mol. The van der Waals surface area contributed by atoms with E-state index in [0.717, 1.165) is 34.1 Å². The Balaban J connectivity index is 0.815. The standard InChI is InChI=1S/C72H52N2S14/c1-75-69-70(76-2)86-67(85-69)65(63-39-37-61(83-63)49-21-33-55(34-22-49)73(51-25-13-45(14-26-51)57-9-5-41-79-57)52-27-15-46(16-28-52)58-10-6-42-80-58)66(68-87-71(77-3)72(78-4)88-68)64-40-38-62(84-64)50-23-35-56(36-24-50)74(53-29-17-47(18-30-53)59-11-7-43-81-59)54-31-19-48(20-32-54)60-12-8-44-82-60/h5-44H,1-4H3. The number of allylic oxidation sites excluding steroid dienone is 2. The third-order valence-corrected chi connectivity index (χ3v) is 31.2. The van der Waals surface area contributed by atoms with Gasteiger partial charge in [0.05, 0.1) is 25.4 Å². The molecule has 0 radical (unpaired) electrons. The van der Waals surface area contributed by atoms with Crippen LogP contribution >= 0.6 is 162 Å². The van der Waals surface area contributed by atoms with Crippen LogP contribution in [0.25, 0.3) is 73.8 Å². The van der Waals surface area contributed by atoms with Crippen LogP contribution in [0.3, 0.4) is 0 Å². The maximum Gasteiger partial charge on any atom is 0.0657 e. The van der Waals surface area contributed by atoms with Crippen LogP contribution in [-0.4, -0.2) is 25.0 Å². The molecule has 0 amide bonds. The lowest BCUT2D eigenvalue weighted by Gasteiger charge is -2.26. The molecule has 6 aromatic heterocycles. The molecule has 0 saturated heterocycles. The Morgan fingerprint density at radius 3 is 0.693 bits per heavy atom. The van der Waals surface area contributed by atoms with Crippen molar-refractivity contribution in [1.29, 1.82) is 0 Å². The first-order valence-corrected chi connectivity index (χ1v) is 41.1. The minimum Gasteiger partial charge on any atom is -0.311 e. The van der Waals surface area contributed by atoms with Crippen LogP contribution < -0.4 is 9.80 Å². The van der Waals surface area contributed by atoms with Crippen molar-refractivity contribution in [3.05, 3.63) is 275 Å². The molecular weight excluding hydrogens is 1340 g/mol. The molecule has 88 heavy (non-hydrogen) atoms. The fourth-order valence-corrected chi connectivity index (χ4v) is 26.0. The number of hydrogen-bond donors (Lipinski definition) is 0. The predicted molar refractivity (Wildman–Crippen MR) is 414 cm³/mol. The first kappa shape index (κ1) is 60.4. The number of anilines is 6. The Labute approximate surface area is 573 Å². The molecule has 6 aromatic carbocycles. The van der Waals surface area contributed by atoms with Gasteiger partial charge in [-0.25, -0.2) is 0 Å². The van der Waals surface area contributed by atoms with Gasteiger partial charge < -0.3 is 9.80 Å². The normalized spacial score (nSPS) is 13.3. The molecule has 14 rings (SSSR count). The zero-order valence-corrected chi connectivity index (χ0v) is 59.1. The second-order valence-electron chi connectivity index (χ2n) is 19.9. The summed E-state index contributed by atoms with van der Waals surface area (Å²) in [6, 6.07) is 81.1. The van der Waals surface area contributed by atoms with Crippen molar-refractivity contribution < 1.29 is 0 Å². The number of rotatable bonds is 19. The van der Waals surface area contributed by atoms with Crippen molar-refractivity contribution in [2.24, 2.45) is 0 Å². The Kier molecular flexibility index (Phi) is 19.1. The van der Waals surface area contributed by atoms with Gasteiger partial charge in [0, 0.05) is 84.3 Å². The fraction of sp³-hybridized carbons (Fsp3) is 0.0556. The summed E-state index contributed by atoms with van der Waals surface area (Å²) in [6.45, 7) is 0. The number of hydrogen-bond acceptors (Lipinski definition) is 16. The molecule has 434 valence electrons. The van der Waals surface area contributed by atoms with Gasteiger partial charge in [-0.2, -0.15) is 0 Å².